The molecule has 3 heterocycles. The Kier molecular flexibility index (Phi) is 3.85. The van der Waals surface area contributed by atoms with Crippen LogP contribution in [0.15, 0.2) is 42.7 Å². The molecule has 23 heavy (non-hydrogen) atoms. The van der Waals surface area contributed by atoms with Gasteiger partial charge in [0.1, 0.15) is 0 Å². The van der Waals surface area contributed by atoms with Gasteiger partial charge in [-0.2, -0.15) is 8.78 Å². The van der Waals surface area contributed by atoms with Gasteiger partial charge in [-0.25, -0.2) is 13.8 Å². The molecule has 0 amide bonds. The second-order valence-electron chi connectivity index (χ2n) is 4.69. The summed E-state index contributed by atoms with van der Waals surface area (Å²) in [5.74, 6) is -3.88. The van der Waals surface area contributed by atoms with Gasteiger partial charge >= 0.3 is 12.3 Å². The van der Waals surface area contributed by atoms with Crippen LogP contribution in [0.4, 0.5) is 17.6 Å². The quantitative estimate of drug-likeness (QED) is 0.676. The van der Waals surface area contributed by atoms with Crippen molar-refractivity contribution in [3.63, 3.8) is 0 Å². The van der Waals surface area contributed by atoms with E-state index in [-0.39, 0.29) is 5.88 Å². The Morgan fingerprint density at radius 3 is 2.65 bits per heavy atom. The minimum absolute atomic E-state index is 0.178. The molecule has 3 rings (SSSR count). The van der Waals surface area contributed by atoms with Gasteiger partial charge in [-0.3, -0.25) is 4.40 Å². The predicted octanol–water partition coefficient (Wildman–Crippen LogP) is 3.07. The zero-order valence-electron chi connectivity index (χ0n) is 11.5. The lowest BCUT2D eigenvalue weighted by molar-refractivity contribution is -0.148. The molecule has 0 N–H and O–H groups in total. The van der Waals surface area contributed by atoms with Crippen molar-refractivity contribution in [2.24, 2.45) is 0 Å². The van der Waals surface area contributed by atoms with Crippen molar-refractivity contribution in [1.29, 1.82) is 0 Å². The highest BCUT2D eigenvalue weighted by Crippen LogP contribution is 2.24. The van der Waals surface area contributed by atoms with Crippen LogP contribution in [0.3, 0.4) is 0 Å². The first kappa shape index (κ1) is 15.2. The Bertz CT molecular complexity index is 804. The second kappa shape index (κ2) is 5.82. The lowest BCUT2D eigenvalue weighted by Gasteiger charge is -2.15. The summed E-state index contributed by atoms with van der Waals surface area (Å²) in [6, 6.07) is 8.23. The normalized spacial score (nSPS) is 12.0. The van der Waals surface area contributed by atoms with Crippen molar-refractivity contribution in [2.75, 3.05) is 6.61 Å². The van der Waals surface area contributed by atoms with E-state index >= 15 is 0 Å². The van der Waals surface area contributed by atoms with Crippen molar-refractivity contribution < 1.29 is 22.3 Å². The predicted molar refractivity (Wildman–Crippen MR) is 72.7 cm³/mol. The van der Waals surface area contributed by atoms with Crippen LogP contribution < -0.4 is 4.74 Å². The van der Waals surface area contributed by atoms with Gasteiger partial charge in [0.2, 0.25) is 5.88 Å². The number of aromatic nitrogens is 4. The van der Waals surface area contributed by atoms with Gasteiger partial charge < -0.3 is 4.74 Å². The Labute approximate surface area is 127 Å². The number of halogens is 4. The van der Waals surface area contributed by atoms with Gasteiger partial charge in [0, 0.05) is 24.0 Å². The molecule has 3 aromatic rings. The zero-order chi connectivity index (χ0) is 16.4. The number of nitrogens with zero attached hydrogens (tertiary/aromatic N) is 4. The molecule has 0 spiro atoms. The fourth-order valence-corrected chi connectivity index (χ4v) is 1.87. The number of ether oxygens (including phenoxy) is 1. The molecule has 0 aromatic carbocycles. The van der Waals surface area contributed by atoms with E-state index < -0.39 is 19.0 Å². The summed E-state index contributed by atoms with van der Waals surface area (Å²) in [6.07, 6.45) is -0.679. The Morgan fingerprint density at radius 1 is 1.13 bits per heavy atom. The fraction of sp³-hybridized carbons (Fsp3) is 0.214. The van der Waals surface area contributed by atoms with E-state index in [9.17, 15) is 17.6 Å². The third kappa shape index (κ3) is 3.08. The molecule has 0 atom stereocenters. The minimum Gasteiger partial charge on any atom is -0.471 e. The highest BCUT2D eigenvalue weighted by molar-refractivity contribution is 5.58. The van der Waals surface area contributed by atoms with Crippen molar-refractivity contribution in [3.8, 4) is 17.3 Å². The molecule has 9 heteroatoms. The molecule has 0 unspecified atom stereocenters. The van der Waals surface area contributed by atoms with E-state index in [4.69, 9.17) is 0 Å². The van der Waals surface area contributed by atoms with Crippen LogP contribution in [0, 0.1) is 0 Å². The maximum atomic E-state index is 12.8. The molecular weight excluding hydrogens is 316 g/mol. The van der Waals surface area contributed by atoms with E-state index in [2.05, 4.69) is 19.9 Å². The number of pyridine rings is 2. The molecule has 0 aliphatic carbocycles. The molecule has 0 fully saturated rings. The average molecular weight is 326 g/mol. The van der Waals surface area contributed by atoms with E-state index in [0.717, 1.165) is 0 Å². The molecule has 0 bridgehead atoms. The largest absolute Gasteiger partial charge is 0.471 e. The standard InChI is InChI=1S/C14H10F4N4O/c15-13(16)14(17,18)8-23-11-5-4-9(7-19-11)12-21-20-10-3-1-2-6-22(10)12/h1-7,13H,8H2. The Balaban J connectivity index is 1.77. The molecule has 120 valence electrons. The van der Waals surface area contributed by atoms with E-state index in [1.54, 1.807) is 22.7 Å². The summed E-state index contributed by atoms with van der Waals surface area (Å²) in [5, 5.41) is 7.99. The summed E-state index contributed by atoms with van der Waals surface area (Å²) < 4.78 is 56.0. The molecule has 0 aliphatic heterocycles. The maximum Gasteiger partial charge on any atom is 0.340 e. The van der Waals surface area contributed by atoms with Crippen molar-refractivity contribution in [1.82, 2.24) is 19.6 Å². The van der Waals surface area contributed by atoms with Gasteiger partial charge in [0.15, 0.2) is 18.1 Å². The fourth-order valence-electron chi connectivity index (χ4n) is 1.87. The number of fused-ring (bicyclic) bond motifs is 1. The number of hydrogen-bond acceptors (Lipinski definition) is 4. The van der Waals surface area contributed by atoms with Crippen molar-refractivity contribution in [2.45, 2.75) is 12.3 Å². The summed E-state index contributed by atoms with van der Waals surface area (Å²) in [5.41, 5.74) is 1.22. The average Bonchev–Trinajstić information content (AvgIpc) is 2.97. The van der Waals surface area contributed by atoms with Crippen molar-refractivity contribution >= 4 is 5.65 Å². The molecule has 0 saturated carbocycles. The first-order chi connectivity index (χ1) is 11.0. The van der Waals surface area contributed by atoms with E-state index in [1.807, 2.05) is 6.07 Å². The van der Waals surface area contributed by atoms with Gasteiger partial charge in [-0.15, -0.1) is 10.2 Å². The number of alkyl halides is 4. The molecular formula is C14H10F4N4O. The zero-order valence-corrected chi connectivity index (χ0v) is 11.5. The summed E-state index contributed by atoms with van der Waals surface area (Å²) >= 11 is 0. The third-order valence-corrected chi connectivity index (χ3v) is 3.04. The first-order valence-corrected chi connectivity index (χ1v) is 6.52. The number of hydrogen-bond donors (Lipinski definition) is 0. The summed E-state index contributed by atoms with van der Waals surface area (Å²) in [4.78, 5) is 3.82. The SMILES string of the molecule is FC(F)C(F)(F)COc1ccc(-c2nnc3ccccn23)cn1. The maximum absolute atomic E-state index is 12.8. The van der Waals surface area contributed by atoms with Crippen LogP contribution in [0.1, 0.15) is 0 Å². The van der Waals surface area contributed by atoms with Crippen LogP contribution in [0.5, 0.6) is 5.88 Å². The van der Waals surface area contributed by atoms with E-state index in [1.165, 1.54) is 18.3 Å². The monoisotopic (exact) mass is 326 g/mol. The van der Waals surface area contributed by atoms with Crippen LogP contribution in [-0.4, -0.2) is 38.5 Å². The molecule has 3 aromatic heterocycles. The summed E-state index contributed by atoms with van der Waals surface area (Å²) in [6.45, 7) is -1.44. The van der Waals surface area contributed by atoms with Gasteiger partial charge in [0.05, 0.1) is 0 Å². The lowest BCUT2D eigenvalue weighted by atomic mass is 10.2. The highest BCUT2D eigenvalue weighted by atomic mass is 19.3. The van der Waals surface area contributed by atoms with Gasteiger partial charge in [-0.1, -0.05) is 6.07 Å². The van der Waals surface area contributed by atoms with Crippen molar-refractivity contribution in [3.05, 3.63) is 42.7 Å². The minimum atomic E-state index is -4.22. The molecule has 5 nitrogen and oxygen atoms in total. The Hall–Kier alpha value is -2.71. The van der Waals surface area contributed by atoms with Crippen LogP contribution in [-0.2, 0) is 0 Å². The third-order valence-electron chi connectivity index (χ3n) is 3.04. The first-order valence-electron chi connectivity index (χ1n) is 6.52. The van der Waals surface area contributed by atoms with Crippen LogP contribution in [0.25, 0.3) is 17.0 Å². The lowest BCUT2D eigenvalue weighted by Crippen LogP contribution is -2.33. The highest BCUT2D eigenvalue weighted by Gasteiger charge is 2.41. The molecule has 0 aliphatic rings. The van der Waals surface area contributed by atoms with Crippen LogP contribution >= 0.6 is 0 Å². The second-order valence-corrected chi connectivity index (χ2v) is 4.69. The molecule has 0 radical (unpaired) electrons. The van der Waals surface area contributed by atoms with E-state index in [0.29, 0.717) is 17.0 Å². The number of rotatable bonds is 5. The van der Waals surface area contributed by atoms with Gasteiger partial charge in [0.25, 0.3) is 0 Å². The Morgan fingerprint density at radius 2 is 1.96 bits per heavy atom. The van der Waals surface area contributed by atoms with Crippen LogP contribution in [0.2, 0.25) is 0 Å². The van der Waals surface area contributed by atoms with Gasteiger partial charge in [-0.05, 0) is 18.2 Å². The molecule has 0 saturated heterocycles. The summed E-state index contributed by atoms with van der Waals surface area (Å²) in [7, 11) is 0. The topological polar surface area (TPSA) is 52.3 Å². The smallest absolute Gasteiger partial charge is 0.340 e.